The average Bonchev–Trinajstić information content (AvgIpc) is 2.61. The number of nitrogens with zero attached hydrogens (tertiary/aromatic N) is 1. The molecule has 0 atom stereocenters. The number of anilines is 1. The van der Waals surface area contributed by atoms with E-state index in [0.717, 1.165) is 0 Å². The van der Waals surface area contributed by atoms with Gasteiger partial charge in [0.1, 0.15) is 0 Å². The van der Waals surface area contributed by atoms with E-state index in [9.17, 15) is 14.9 Å². The van der Waals surface area contributed by atoms with E-state index in [2.05, 4.69) is 5.32 Å². The third kappa shape index (κ3) is 4.81. The number of rotatable bonds is 7. The molecule has 1 N–H and O–H groups in total. The molecule has 0 spiro atoms. The van der Waals surface area contributed by atoms with E-state index >= 15 is 0 Å². The topological polar surface area (TPSA) is 90.7 Å². The van der Waals surface area contributed by atoms with Gasteiger partial charge in [-0.2, -0.15) is 0 Å². The van der Waals surface area contributed by atoms with E-state index in [4.69, 9.17) is 9.47 Å². The number of nitrogens with one attached hydrogen (secondary N) is 1. The fourth-order valence-electron chi connectivity index (χ4n) is 2.16. The van der Waals surface area contributed by atoms with Crippen molar-refractivity contribution in [3.63, 3.8) is 0 Å². The van der Waals surface area contributed by atoms with Gasteiger partial charge in [-0.25, -0.2) is 0 Å². The van der Waals surface area contributed by atoms with Crippen molar-refractivity contribution in [3.8, 4) is 11.5 Å². The molecule has 0 radical (unpaired) electrons. The zero-order valence-electron chi connectivity index (χ0n) is 13.9. The number of para-hydroxylation sites is 1. The number of methoxy groups -OCH3 is 1. The van der Waals surface area contributed by atoms with Gasteiger partial charge in [-0.15, -0.1) is 0 Å². The molecule has 1 amide bonds. The molecule has 0 aliphatic rings. The molecule has 7 heteroatoms. The van der Waals surface area contributed by atoms with Gasteiger partial charge in [0.2, 0.25) is 5.91 Å². The van der Waals surface area contributed by atoms with Gasteiger partial charge >= 0.3 is 0 Å². The Labute approximate surface area is 145 Å². The van der Waals surface area contributed by atoms with Crippen molar-refractivity contribution in [2.24, 2.45) is 0 Å². The molecule has 0 aromatic heterocycles. The van der Waals surface area contributed by atoms with Gasteiger partial charge in [0, 0.05) is 23.9 Å². The third-order valence-corrected chi connectivity index (χ3v) is 3.28. The Bertz CT molecular complexity index is 802. The molecule has 0 aliphatic carbocycles. The van der Waals surface area contributed by atoms with Gasteiger partial charge in [-0.3, -0.25) is 14.9 Å². The van der Waals surface area contributed by atoms with Gasteiger partial charge in [0.25, 0.3) is 5.69 Å². The first-order valence-corrected chi connectivity index (χ1v) is 7.58. The molecular weight excluding hydrogens is 324 g/mol. The average molecular weight is 342 g/mol. The predicted octanol–water partition coefficient (Wildman–Crippen LogP) is 3.65. The maximum Gasteiger partial charge on any atom is 0.276 e. The number of hydrogen-bond acceptors (Lipinski definition) is 5. The Balaban J connectivity index is 2.11. The Kier molecular flexibility index (Phi) is 6.11. The van der Waals surface area contributed by atoms with E-state index in [1.54, 1.807) is 36.4 Å². The number of benzene rings is 2. The van der Waals surface area contributed by atoms with Gasteiger partial charge in [0.05, 0.1) is 24.2 Å². The summed E-state index contributed by atoms with van der Waals surface area (Å²) in [4.78, 5) is 22.5. The molecule has 0 saturated carbocycles. The van der Waals surface area contributed by atoms with E-state index < -0.39 is 10.8 Å². The smallest absolute Gasteiger partial charge is 0.276 e. The molecule has 25 heavy (non-hydrogen) atoms. The Hall–Kier alpha value is -3.35. The van der Waals surface area contributed by atoms with Crippen molar-refractivity contribution < 1.29 is 19.2 Å². The van der Waals surface area contributed by atoms with Crippen LogP contribution in [0.5, 0.6) is 11.5 Å². The minimum Gasteiger partial charge on any atom is -0.493 e. The molecule has 0 heterocycles. The first-order chi connectivity index (χ1) is 12.0. The SMILES string of the molecule is CCOc1ccc(NC(=O)/C=C/c2ccccc2[N+](=O)[O-])cc1OC. The monoisotopic (exact) mass is 342 g/mol. The van der Waals surface area contributed by atoms with Gasteiger partial charge in [-0.1, -0.05) is 12.1 Å². The summed E-state index contributed by atoms with van der Waals surface area (Å²) < 4.78 is 10.6. The van der Waals surface area contributed by atoms with Gasteiger partial charge in [-0.05, 0) is 31.2 Å². The number of nitro groups is 1. The lowest BCUT2D eigenvalue weighted by atomic mass is 10.1. The Morgan fingerprint density at radius 3 is 2.68 bits per heavy atom. The fraction of sp³-hybridized carbons (Fsp3) is 0.167. The summed E-state index contributed by atoms with van der Waals surface area (Å²) in [5, 5.41) is 13.6. The molecule has 2 rings (SSSR count). The van der Waals surface area contributed by atoms with Crippen LogP contribution in [0.2, 0.25) is 0 Å². The van der Waals surface area contributed by atoms with Crippen molar-refractivity contribution in [1.82, 2.24) is 0 Å². The maximum atomic E-state index is 12.0. The van der Waals surface area contributed by atoms with Crippen LogP contribution >= 0.6 is 0 Å². The van der Waals surface area contributed by atoms with Crippen LogP contribution in [-0.4, -0.2) is 24.5 Å². The molecule has 0 saturated heterocycles. The summed E-state index contributed by atoms with van der Waals surface area (Å²) in [5.74, 6) is 0.671. The van der Waals surface area contributed by atoms with Gasteiger partial charge in [0.15, 0.2) is 11.5 Å². The lowest BCUT2D eigenvalue weighted by Crippen LogP contribution is -2.08. The Morgan fingerprint density at radius 1 is 1.24 bits per heavy atom. The first-order valence-electron chi connectivity index (χ1n) is 7.58. The second kappa shape index (κ2) is 8.49. The number of carbonyl (C=O) groups excluding carboxylic acids is 1. The minimum absolute atomic E-state index is 0.0608. The fourth-order valence-corrected chi connectivity index (χ4v) is 2.16. The highest BCUT2D eigenvalue weighted by atomic mass is 16.6. The molecule has 0 bridgehead atoms. The minimum atomic E-state index is -0.491. The molecule has 0 fully saturated rings. The van der Waals surface area contributed by atoms with E-state index in [-0.39, 0.29) is 5.69 Å². The highest BCUT2D eigenvalue weighted by Gasteiger charge is 2.10. The summed E-state index contributed by atoms with van der Waals surface area (Å²) in [5.41, 5.74) is 0.818. The number of nitro benzene ring substituents is 1. The number of ether oxygens (including phenoxy) is 2. The van der Waals surface area contributed by atoms with Crippen LogP contribution in [0.15, 0.2) is 48.5 Å². The first kappa shape index (κ1) is 18.0. The maximum absolute atomic E-state index is 12.0. The van der Waals surface area contributed by atoms with Crippen molar-refractivity contribution in [2.75, 3.05) is 19.0 Å². The highest BCUT2D eigenvalue weighted by Crippen LogP contribution is 2.30. The van der Waals surface area contributed by atoms with Crippen LogP contribution in [-0.2, 0) is 4.79 Å². The lowest BCUT2D eigenvalue weighted by molar-refractivity contribution is -0.385. The Morgan fingerprint density at radius 2 is 2.00 bits per heavy atom. The molecule has 0 aliphatic heterocycles. The highest BCUT2D eigenvalue weighted by molar-refractivity contribution is 6.02. The van der Waals surface area contributed by atoms with Crippen LogP contribution < -0.4 is 14.8 Å². The third-order valence-electron chi connectivity index (χ3n) is 3.28. The predicted molar refractivity (Wildman–Crippen MR) is 94.9 cm³/mol. The normalized spacial score (nSPS) is 10.5. The van der Waals surface area contributed by atoms with Crippen molar-refractivity contribution in [1.29, 1.82) is 0 Å². The standard InChI is InChI=1S/C18H18N2O5/c1-3-25-16-10-9-14(12-17(16)24-2)19-18(21)11-8-13-6-4-5-7-15(13)20(22)23/h4-12H,3H2,1-2H3,(H,19,21)/b11-8+. The second-order valence-corrected chi connectivity index (χ2v) is 4.94. The zero-order chi connectivity index (χ0) is 18.2. The number of carbonyl (C=O) groups is 1. The van der Waals surface area contributed by atoms with Crippen LogP contribution in [0.3, 0.4) is 0 Å². The molecule has 130 valence electrons. The zero-order valence-corrected chi connectivity index (χ0v) is 13.9. The lowest BCUT2D eigenvalue weighted by Gasteiger charge is -2.11. The quantitative estimate of drug-likeness (QED) is 0.471. The van der Waals surface area contributed by atoms with Crippen LogP contribution in [0.25, 0.3) is 6.08 Å². The summed E-state index contributed by atoms with van der Waals surface area (Å²) in [6, 6.07) is 11.2. The summed E-state index contributed by atoms with van der Waals surface area (Å²) in [6.07, 6.45) is 2.64. The van der Waals surface area contributed by atoms with Crippen LogP contribution in [0.4, 0.5) is 11.4 Å². The van der Waals surface area contributed by atoms with Gasteiger partial charge < -0.3 is 14.8 Å². The van der Waals surface area contributed by atoms with Crippen molar-refractivity contribution in [2.45, 2.75) is 6.92 Å². The van der Waals surface area contributed by atoms with Crippen LogP contribution in [0.1, 0.15) is 12.5 Å². The molecule has 0 unspecified atom stereocenters. The van der Waals surface area contributed by atoms with Crippen molar-refractivity contribution in [3.05, 3.63) is 64.2 Å². The van der Waals surface area contributed by atoms with Crippen molar-refractivity contribution >= 4 is 23.4 Å². The molecule has 7 nitrogen and oxygen atoms in total. The molecular formula is C18H18N2O5. The summed E-state index contributed by atoms with van der Waals surface area (Å²) >= 11 is 0. The van der Waals surface area contributed by atoms with E-state index in [0.29, 0.717) is 29.4 Å². The van der Waals surface area contributed by atoms with Crippen LogP contribution in [0, 0.1) is 10.1 Å². The van der Waals surface area contributed by atoms with E-state index in [1.807, 2.05) is 6.92 Å². The molecule has 2 aromatic carbocycles. The largest absolute Gasteiger partial charge is 0.493 e. The summed E-state index contributed by atoms with van der Waals surface area (Å²) in [6.45, 7) is 2.36. The van der Waals surface area contributed by atoms with E-state index in [1.165, 1.54) is 25.3 Å². The summed E-state index contributed by atoms with van der Waals surface area (Å²) in [7, 11) is 1.51. The number of amides is 1. The second-order valence-electron chi connectivity index (χ2n) is 4.94. The number of hydrogen-bond donors (Lipinski definition) is 1. The molecule has 2 aromatic rings.